The van der Waals surface area contributed by atoms with Crippen molar-refractivity contribution in [1.29, 1.82) is 0 Å². The SMILES string of the molecule is O=c1[nH]c(/C=C/c2ccc(Cl)c([N+](=O)[O-])c2)nc2ccccc12. The summed E-state index contributed by atoms with van der Waals surface area (Å²) in [4.78, 5) is 29.3. The lowest BCUT2D eigenvalue weighted by molar-refractivity contribution is -0.384. The van der Waals surface area contributed by atoms with E-state index in [1.54, 1.807) is 42.5 Å². The summed E-state index contributed by atoms with van der Waals surface area (Å²) >= 11 is 5.77. The van der Waals surface area contributed by atoms with Crippen molar-refractivity contribution in [2.24, 2.45) is 0 Å². The number of nitro benzene ring substituents is 1. The number of benzene rings is 2. The topological polar surface area (TPSA) is 88.9 Å². The van der Waals surface area contributed by atoms with Gasteiger partial charge in [-0.3, -0.25) is 14.9 Å². The van der Waals surface area contributed by atoms with Crippen molar-refractivity contribution in [3.8, 4) is 0 Å². The molecule has 114 valence electrons. The van der Waals surface area contributed by atoms with Crippen LogP contribution in [0.2, 0.25) is 5.02 Å². The molecule has 7 heteroatoms. The molecule has 3 aromatic rings. The van der Waals surface area contributed by atoms with Crippen LogP contribution in [-0.2, 0) is 0 Å². The second-order valence-electron chi connectivity index (χ2n) is 4.77. The van der Waals surface area contributed by atoms with Gasteiger partial charge in [-0.15, -0.1) is 0 Å². The van der Waals surface area contributed by atoms with Crippen LogP contribution in [0.5, 0.6) is 0 Å². The lowest BCUT2D eigenvalue weighted by Gasteiger charge is -1.99. The second-order valence-corrected chi connectivity index (χ2v) is 5.18. The van der Waals surface area contributed by atoms with Crippen LogP contribution in [0.15, 0.2) is 47.3 Å². The fraction of sp³-hybridized carbons (Fsp3) is 0. The first kappa shape index (κ1) is 14.9. The number of nitro groups is 1. The molecule has 0 amide bonds. The highest BCUT2D eigenvalue weighted by Crippen LogP contribution is 2.25. The van der Waals surface area contributed by atoms with Crippen LogP contribution in [0.1, 0.15) is 11.4 Å². The molecule has 0 fully saturated rings. The van der Waals surface area contributed by atoms with Gasteiger partial charge in [0.25, 0.3) is 11.2 Å². The van der Waals surface area contributed by atoms with Crippen LogP contribution >= 0.6 is 11.6 Å². The highest BCUT2D eigenvalue weighted by Gasteiger charge is 2.11. The minimum Gasteiger partial charge on any atom is -0.306 e. The van der Waals surface area contributed by atoms with E-state index in [-0.39, 0.29) is 16.3 Å². The molecule has 0 atom stereocenters. The van der Waals surface area contributed by atoms with Crippen LogP contribution in [0.4, 0.5) is 5.69 Å². The Hall–Kier alpha value is -2.99. The minimum absolute atomic E-state index is 0.0735. The van der Waals surface area contributed by atoms with Gasteiger partial charge in [-0.2, -0.15) is 0 Å². The summed E-state index contributed by atoms with van der Waals surface area (Å²) in [5.41, 5.74) is 0.751. The molecule has 0 bridgehead atoms. The fourth-order valence-electron chi connectivity index (χ4n) is 2.13. The molecule has 0 aliphatic carbocycles. The zero-order valence-corrected chi connectivity index (χ0v) is 12.4. The molecule has 3 rings (SSSR count). The molecule has 6 nitrogen and oxygen atoms in total. The summed E-state index contributed by atoms with van der Waals surface area (Å²) < 4.78 is 0. The van der Waals surface area contributed by atoms with Gasteiger partial charge in [0.1, 0.15) is 10.8 Å². The number of aromatic nitrogens is 2. The van der Waals surface area contributed by atoms with E-state index < -0.39 is 4.92 Å². The zero-order chi connectivity index (χ0) is 16.4. The number of rotatable bonds is 3. The highest BCUT2D eigenvalue weighted by atomic mass is 35.5. The van der Waals surface area contributed by atoms with Crippen LogP contribution in [0.25, 0.3) is 23.1 Å². The third-order valence-electron chi connectivity index (χ3n) is 3.23. The van der Waals surface area contributed by atoms with Gasteiger partial charge in [0.05, 0.1) is 15.8 Å². The number of nitrogens with one attached hydrogen (secondary N) is 1. The molecule has 1 aromatic heterocycles. The normalized spacial score (nSPS) is 11.2. The van der Waals surface area contributed by atoms with Crippen molar-refractivity contribution in [3.05, 3.63) is 79.3 Å². The summed E-state index contributed by atoms with van der Waals surface area (Å²) in [6, 6.07) is 11.5. The van der Waals surface area contributed by atoms with Gasteiger partial charge in [-0.05, 0) is 29.8 Å². The predicted octanol–water partition coefficient (Wildman–Crippen LogP) is 3.66. The van der Waals surface area contributed by atoms with E-state index in [2.05, 4.69) is 9.97 Å². The predicted molar refractivity (Wildman–Crippen MR) is 89.4 cm³/mol. The summed E-state index contributed by atoms with van der Waals surface area (Å²) in [7, 11) is 0. The van der Waals surface area contributed by atoms with E-state index in [4.69, 9.17) is 11.6 Å². The Bertz CT molecular complexity index is 995. The standard InChI is InChI=1S/C16H10ClN3O3/c17-12-7-5-10(9-14(12)20(22)23)6-8-15-18-13-4-2-1-3-11(13)16(21)19-15/h1-9H,(H,18,19,21)/b8-6+. The molecule has 0 saturated heterocycles. The smallest absolute Gasteiger partial charge is 0.288 e. The van der Waals surface area contributed by atoms with Crippen LogP contribution < -0.4 is 5.56 Å². The number of hydrogen-bond acceptors (Lipinski definition) is 4. The van der Waals surface area contributed by atoms with Crippen LogP contribution in [0.3, 0.4) is 0 Å². The second kappa shape index (κ2) is 6.02. The van der Waals surface area contributed by atoms with E-state index in [1.165, 1.54) is 12.1 Å². The third kappa shape index (κ3) is 3.12. The van der Waals surface area contributed by atoms with Crippen LogP contribution in [0, 0.1) is 10.1 Å². The molecule has 0 spiro atoms. The number of nitrogens with zero attached hydrogens (tertiary/aromatic N) is 2. The minimum atomic E-state index is -0.546. The first-order valence-electron chi connectivity index (χ1n) is 6.66. The average molecular weight is 328 g/mol. The van der Waals surface area contributed by atoms with Gasteiger partial charge in [0.15, 0.2) is 0 Å². The Morgan fingerprint density at radius 2 is 1.96 bits per heavy atom. The van der Waals surface area contributed by atoms with Crippen molar-refractivity contribution in [1.82, 2.24) is 9.97 Å². The van der Waals surface area contributed by atoms with Gasteiger partial charge in [0.2, 0.25) is 0 Å². The largest absolute Gasteiger partial charge is 0.306 e. The van der Waals surface area contributed by atoms with Crippen molar-refractivity contribution >= 4 is 40.3 Å². The van der Waals surface area contributed by atoms with E-state index in [0.717, 1.165) is 0 Å². The van der Waals surface area contributed by atoms with Crippen molar-refractivity contribution < 1.29 is 4.92 Å². The molecule has 2 aromatic carbocycles. The lowest BCUT2D eigenvalue weighted by atomic mass is 10.2. The van der Waals surface area contributed by atoms with Crippen LogP contribution in [-0.4, -0.2) is 14.9 Å². The first-order chi connectivity index (χ1) is 11.0. The molecule has 0 aliphatic rings. The molecule has 1 heterocycles. The summed E-state index contributed by atoms with van der Waals surface area (Å²) in [6.07, 6.45) is 3.21. The van der Waals surface area contributed by atoms with E-state index in [9.17, 15) is 14.9 Å². The number of fused-ring (bicyclic) bond motifs is 1. The lowest BCUT2D eigenvalue weighted by Crippen LogP contribution is -2.09. The summed E-state index contributed by atoms with van der Waals surface area (Å²) in [5, 5.41) is 11.5. The quantitative estimate of drug-likeness (QED) is 0.587. The Labute approximate surface area is 135 Å². The van der Waals surface area contributed by atoms with Gasteiger partial charge in [0, 0.05) is 6.07 Å². The molecule has 0 radical (unpaired) electrons. The Balaban J connectivity index is 1.99. The summed E-state index contributed by atoms with van der Waals surface area (Å²) in [6.45, 7) is 0. The van der Waals surface area contributed by atoms with E-state index in [0.29, 0.717) is 22.3 Å². The Kier molecular flexibility index (Phi) is 3.91. The third-order valence-corrected chi connectivity index (χ3v) is 3.55. The van der Waals surface area contributed by atoms with Crippen molar-refractivity contribution in [3.63, 3.8) is 0 Å². The number of halogens is 1. The number of H-pyrrole nitrogens is 1. The summed E-state index contributed by atoms with van der Waals surface area (Å²) in [5.74, 6) is 0.367. The first-order valence-corrected chi connectivity index (χ1v) is 7.03. The molecular weight excluding hydrogens is 318 g/mol. The molecule has 0 aliphatic heterocycles. The number of hydrogen-bond donors (Lipinski definition) is 1. The van der Waals surface area contributed by atoms with Crippen molar-refractivity contribution in [2.75, 3.05) is 0 Å². The highest BCUT2D eigenvalue weighted by molar-refractivity contribution is 6.32. The Morgan fingerprint density at radius 1 is 1.17 bits per heavy atom. The number of para-hydroxylation sites is 1. The molecule has 0 unspecified atom stereocenters. The van der Waals surface area contributed by atoms with E-state index in [1.807, 2.05) is 0 Å². The zero-order valence-electron chi connectivity index (χ0n) is 11.7. The molecule has 23 heavy (non-hydrogen) atoms. The fourth-order valence-corrected chi connectivity index (χ4v) is 2.32. The maximum atomic E-state index is 12.0. The van der Waals surface area contributed by atoms with E-state index >= 15 is 0 Å². The monoisotopic (exact) mass is 327 g/mol. The maximum Gasteiger partial charge on any atom is 0.288 e. The van der Waals surface area contributed by atoms with Gasteiger partial charge < -0.3 is 4.98 Å². The maximum absolute atomic E-state index is 12.0. The molecule has 1 N–H and O–H groups in total. The van der Waals surface area contributed by atoms with Gasteiger partial charge >= 0.3 is 0 Å². The Morgan fingerprint density at radius 3 is 2.74 bits per heavy atom. The van der Waals surface area contributed by atoms with Gasteiger partial charge in [-0.25, -0.2) is 4.98 Å². The average Bonchev–Trinajstić information content (AvgIpc) is 2.54. The van der Waals surface area contributed by atoms with Crippen molar-refractivity contribution in [2.45, 2.75) is 0 Å². The molecule has 0 saturated carbocycles. The van der Waals surface area contributed by atoms with Gasteiger partial charge in [-0.1, -0.05) is 35.9 Å². The number of aromatic amines is 1. The molecular formula is C16H10ClN3O3.